The first kappa shape index (κ1) is 12.3. The lowest BCUT2D eigenvalue weighted by atomic mass is 10.2. The zero-order valence-corrected chi connectivity index (χ0v) is 9.86. The number of nitriles is 1. The summed E-state index contributed by atoms with van der Waals surface area (Å²) in [5.41, 5.74) is 1.52. The van der Waals surface area contributed by atoms with Gasteiger partial charge in [-0.15, -0.1) is 0 Å². The van der Waals surface area contributed by atoms with Gasteiger partial charge in [0.2, 0.25) is 0 Å². The van der Waals surface area contributed by atoms with Gasteiger partial charge in [0.15, 0.2) is 0 Å². The molecule has 1 heterocycles. The van der Waals surface area contributed by atoms with E-state index in [1.165, 1.54) is 0 Å². The predicted molar refractivity (Wildman–Crippen MR) is 59.9 cm³/mol. The fraction of sp³-hybridized carbons (Fsp3) is 0.500. The molecule has 86 valence electrons. The second-order valence-electron chi connectivity index (χ2n) is 3.72. The first-order valence-corrected chi connectivity index (χ1v) is 5.30. The van der Waals surface area contributed by atoms with Crippen LogP contribution in [0.4, 0.5) is 0 Å². The number of carbonyl (C=O) groups excluding carboxylic acids is 1. The Bertz CT molecular complexity index is 415. The van der Waals surface area contributed by atoms with Gasteiger partial charge in [0.1, 0.15) is 11.8 Å². The van der Waals surface area contributed by atoms with Crippen molar-refractivity contribution in [3.8, 4) is 6.07 Å². The van der Waals surface area contributed by atoms with Crippen LogP contribution in [0.25, 0.3) is 0 Å². The predicted octanol–water partition coefficient (Wildman–Crippen LogP) is 2.18. The van der Waals surface area contributed by atoms with Crippen molar-refractivity contribution >= 4 is 5.97 Å². The van der Waals surface area contributed by atoms with Crippen molar-refractivity contribution in [3.63, 3.8) is 0 Å². The molecule has 0 saturated heterocycles. The molecule has 0 saturated carbocycles. The minimum Gasteiger partial charge on any atom is -0.457 e. The van der Waals surface area contributed by atoms with Gasteiger partial charge in [0, 0.05) is 12.7 Å². The fourth-order valence-corrected chi connectivity index (χ4v) is 1.40. The number of rotatable bonds is 4. The molecule has 4 heteroatoms. The topological polar surface area (TPSA) is 55.0 Å². The number of nitrogens with zero attached hydrogens (tertiary/aromatic N) is 2. The van der Waals surface area contributed by atoms with E-state index >= 15 is 0 Å². The van der Waals surface area contributed by atoms with E-state index in [2.05, 4.69) is 0 Å². The Morgan fingerprint density at radius 1 is 1.62 bits per heavy atom. The van der Waals surface area contributed by atoms with Crippen LogP contribution in [-0.2, 0) is 11.8 Å². The zero-order valence-electron chi connectivity index (χ0n) is 9.86. The normalized spacial score (nSPS) is 11.9. The smallest absolute Gasteiger partial charge is 0.355 e. The Balaban J connectivity index is 2.72. The van der Waals surface area contributed by atoms with Gasteiger partial charge >= 0.3 is 5.97 Å². The van der Waals surface area contributed by atoms with Gasteiger partial charge in [0.25, 0.3) is 0 Å². The molecule has 0 spiro atoms. The lowest BCUT2D eigenvalue weighted by molar-refractivity contribution is 0.0292. The van der Waals surface area contributed by atoms with E-state index in [0.29, 0.717) is 12.1 Å². The van der Waals surface area contributed by atoms with Gasteiger partial charge < -0.3 is 9.30 Å². The Morgan fingerprint density at radius 2 is 2.31 bits per heavy atom. The summed E-state index contributed by atoms with van der Waals surface area (Å²) in [6.45, 7) is 3.81. The van der Waals surface area contributed by atoms with Crippen LogP contribution in [0.5, 0.6) is 0 Å². The molecular formula is C12H16N2O2. The van der Waals surface area contributed by atoms with Gasteiger partial charge in [0.05, 0.1) is 12.5 Å². The number of ether oxygens (including phenoxy) is 1. The lowest BCUT2D eigenvalue weighted by Crippen LogP contribution is -2.19. The third-order valence-electron chi connectivity index (χ3n) is 2.63. The molecule has 1 atom stereocenters. The Hall–Kier alpha value is -1.76. The highest BCUT2D eigenvalue weighted by Gasteiger charge is 2.17. The van der Waals surface area contributed by atoms with E-state index in [4.69, 9.17) is 10.00 Å². The summed E-state index contributed by atoms with van der Waals surface area (Å²) < 4.78 is 7.02. The molecule has 4 nitrogen and oxygen atoms in total. The number of carbonyl (C=O) groups is 1. The van der Waals surface area contributed by atoms with E-state index in [-0.39, 0.29) is 18.5 Å². The number of aryl methyl sites for hydroxylation is 1. The SMILES string of the molecule is CC[C@H](CC#N)OC(=O)c1ccc(C)n1C. The third kappa shape index (κ3) is 2.63. The van der Waals surface area contributed by atoms with Crippen molar-refractivity contribution in [1.82, 2.24) is 4.57 Å². The maximum absolute atomic E-state index is 11.8. The first-order chi connectivity index (χ1) is 7.60. The van der Waals surface area contributed by atoms with E-state index in [1.54, 1.807) is 10.6 Å². The monoisotopic (exact) mass is 220 g/mol. The first-order valence-electron chi connectivity index (χ1n) is 5.30. The number of hydrogen-bond donors (Lipinski definition) is 0. The van der Waals surface area contributed by atoms with Crippen LogP contribution < -0.4 is 0 Å². The molecule has 0 radical (unpaired) electrons. The summed E-state index contributed by atoms with van der Waals surface area (Å²) in [6, 6.07) is 5.61. The molecule has 0 aromatic carbocycles. The van der Waals surface area contributed by atoms with E-state index < -0.39 is 0 Å². The summed E-state index contributed by atoms with van der Waals surface area (Å²) in [5.74, 6) is -0.363. The van der Waals surface area contributed by atoms with E-state index in [1.807, 2.05) is 33.0 Å². The minimum atomic E-state index is -0.363. The van der Waals surface area contributed by atoms with Gasteiger partial charge in [-0.1, -0.05) is 6.92 Å². The molecule has 1 rings (SSSR count). The van der Waals surface area contributed by atoms with Crippen LogP contribution in [0.1, 0.15) is 35.9 Å². The highest BCUT2D eigenvalue weighted by molar-refractivity contribution is 5.88. The van der Waals surface area contributed by atoms with Gasteiger partial charge in [-0.3, -0.25) is 0 Å². The highest BCUT2D eigenvalue weighted by atomic mass is 16.5. The Kier molecular flexibility index (Phi) is 4.12. The van der Waals surface area contributed by atoms with Crippen molar-refractivity contribution in [3.05, 3.63) is 23.5 Å². The van der Waals surface area contributed by atoms with Gasteiger partial charge in [-0.25, -0.2) is 4.79 Å². The minimum absolute atomic E-state index is 0.242. The van der Waals surface area contributed by atoms with E-state index in [0.717, 1.165) is 5.69 Å². The molecule has 0 amide bonds. The Morgan fingerprint density at radius 3 is 2.75 bits per heavy atom. The van der Waals surface area contributed by atoms with Gasteiger partial charge in [-0.2, -0.15) is 5.26 Å². The van der Waals surface area contributed by atoms with Crippen molar-refractivity contribution in [2.75, 3.05) is 0 Å². The summed E-state index contributed by atoms with van der Waals surface area (Å²) in [5, 5.41) is 8.56. The summed E-state index contributed by atoms with van der Waals surface area (Å²) in [7, 11) is 1.82. The number of hydrogen-bond acceptors (Lipinski definition) is 3. The molecule has 0 unspecified atom stereocenters. The van der Waals surface area contributed by atoms with Crippen LogP contribution in [0.15, 0.2) is 12.1 Å². The summed E-state index contributed by atoms with van der Waals surface area (Å²) >= 11 is 0. The zero-order chi connectivity index (χ0) is 12.1. The number of aromatic nitrogens is 1. The van der Waals surface area contributed by atoms with Crippen LogP contribution >= 0.6 is 0 Å². The molecule has 1 aromatic rings. The average Bonchev–Trinajstić information content (AvgIpc) is 2.59. The van der Waals surface area contributed by atoms with Crippen molar-refractivity contribution in [1.29, 1.82) is 5.26 Å². The summed E-state index contributed by atoms with van der Waals surface area (Å²) in [6.07, 6.45) is 0.585. The van der Waals surface area contributed by atoms with Gasteiger partial charge in [-0.05, 0) is 25.5 Å². The molecule has 0 aliphatic rings. The van der Waals surface area contributed by atoms with Crippen molar-refractivity contribution in [2.24, 2.45) is 7.05 Å². The largest absolute Gasteiger partial charge is 0.457 e. The maximum Gasteiger partial charge on any atom is 0.355 e. The van der Waals surface area contributed by atoms with Crippen LogP contribution in [-0.4, -0.2) is 16.6 Å². The van der Waals surface area contributed by atoms with Crippen LogP contribution in [0.2, 0.25) is 0 Å². The fourth-order valence-electron chi connectivity index (χ4n) is 1.40. The molecular weight excluding hydrogens is 204 g/mol. The quantitative estimate of drug-likeness (QED) is 0.731. The lowest BCUT2D eigenvalue weighted by Gasteiger charge is -2.13. The Labute approximate surface area is 95.4 Å². The average molecular weight is 220 g/mol. The molecule has 1 aromatic heterocycles. The standard InChI is InChI=1S/C12H16N2O2/c1-4-10(7-8-13)16-12(15)11-6-5-9(2)14(11)3/h5-6,10H,4,7H2,1-3H3/t10-/m1/s1. The molecule has 0 bridgehead atoms. The van der Waals surface area contributed by atoms with Crippen molar-refractivity contribution < 1.29 is 9.53 Å². The number of esters is 1. The van der Waals surface area contributed by atoms with Crippen LogP contribution in [0.3, 0.4) is 0 Å². The maximum atomic E-state index is 11.8. The second-order valence-corrected chi connectivity index (χ2v) is 3.72. The molecule has 0 aliphatic carbocycles. The van der Waals surface area contributed by atoms with Crippen molar-refractivity contribution in [2.45, 2.75) is 32.8 Å². The van der Waals surface area contributed by atoms with E-state index in [9.17, 15) is 4.79 Å². The molecule has 16 heavy (non-hydrogen) atoms. The highest BCUT2D eigenvalue weighted by Crippen LogP contribution is 2.11. The second kappa shape index (κ2) is 5.36. The molecule has 0 fully saturated rings. The van der Waals surface area contributed by atoms with Crippen LogP contribution in [0, 0.1) is 18.3 Å². The third-order valence-corrected chi connectivity index (χ3v) is 2.63. The molecule has 0 aliphatic heterocycles. The summed E-state index contributed by atoms with van der Waals surface area (Å²) in [4.78, 5) is 11.8. The molecule has 0 N–H and O–H groups in total.